The van der Waals surface area contributed by atoms with Crippen LogP contribution >= 0.6 is 0 Å². The number of halogens is 3. The Morgan fingerprint density at radius 2 is 1.90 bits per heavy atom. The molecule has 0 spiro atoms. The van der Waals surface area contributed by atoms with Gasteiger partial charge in [-0.25, -0.2) is 8.42 Å². The number of hydrogen-bond acceptors (Lipinski definition) is 6. The van der Waals surface area contributed by atoms with Gasteiger partial charge in [-0.3, -0.25) is 4.79 Å². The molecule has 0 radical (unpaired) electrons. The summed E-state index contributed by atoms with van der Waals surface area (Å²) >= 11 is 0. The second kappa shape index (κ2) is 11.7. The summed E-state index contributed by atoms with van der Waals surface area (Å²) in [4.78, 5) is 12.0. The molecule has 0 bridgehead atoms. The van der Waals surface area contributed by atoms with E-state index in [1.165, 1.54) is 16.4 Å². The molecule has 1 aromatic rings. The van der Waals surface area contributed by atoms with Crippen LogP contribution in [0.25, 0.3) is 0 Å². The predicted octanol–water partition coefficient (Wildman–Crippen LogP) is 2.16. The predicted molar refractivity (Wildman–Crippen MR) is 105 cm³/mol. The van der Waals surface area contributed by atoms with Crippen LogP contribution in [0.4, 0.5) is 13.2 Å². The minimum absolute atomic E-state index is 0.102. The number of methoxy groups -OCH3 is 1. The monoisotopic (exact) mass is 468 g/mol. The average Bonchev–Trinajstić information content (AvgIpc) is 2.72. The lowest BCUT2D eigenvalue weighted by Gasteiger charge is -2.30. The zero-order valence-corrected chi connectivity index (χ0v) is 18.0. The highest BCUT2D eigenvalue weighted by Gasteiger charge is 2.34. The van der Waals surface area contributed by atoms with Gasteiger partial charge in [0.05, 0.1) is 18.1 Å². The molecule has 0 aromatic heterocycles. The van der Waals surface area contributed by atoms with E-state index in [0.29, 0.717) is 45.6 Å². The number of hydrogen-bond donors (Lipinski definition) is 1. The van der Waals surface area contributed by atoms with E-state index in [2.05, 4.69) is 10.1 Å². The van der Waals surface area contributed by atoms with Crippen LogP contribution in [-0.4, -0.2) is 71.6 Å². The summed E-state index contributed by atoms with van der Waals surface area (Å²) in [6.45, 7) is 2.15. The molecule has 1 N–H and O–H groups in total. The summed E-state index contributed by atoms with van der Waals surface area (Å²) in [5.74, 6) is -1.07. The van der Waals surface area contributed by atoms with Crippen molar-refractivity contribution in [2.75, 3.05) is 46.6 Å². The lowest BCUT2D eigenvalue weighted by atomic mass is 9.97. The molecule has 1 heterocycles. The molecule has 1 amide bonds. The van der Waals surface area contributed by atoms with Gasteiger partial charge in [0, 0.05) is 45.3 Å². The van der Waals surface area contributed by atoms with E-state index in [-0.39, 0.29) is 29.8 Å². The number of carbonyl (C=O) groups excluding carboxylic acids is 1. The van der Waals surface area contributed by atoms with Crippen molar-refractivity contribution < 1.29 is 40.6 Å². The van der Waals surface area contributed by atoms with Gasteiger partial charge in [-0.15, -0.1) is 13.2 Å². The van der Waals surface area contributed by atoms with Gasteiger partial charge in [0.25, 0.3) is 0 Å². The van der Waals surface area contributed by atoms with Crippen LogP contribution in [0, 0.1) is 5.92 Å². The van der Waals surface area contributed by atoms with Gasteiger partial charge in [0.2, 0.25) is 15.9 Å². The van der Waals surface area contributed by atoms with Crippen molar-refractivity contribution in [3.63, 3.8) is 0 Å². The van der Waals surface area contributed by atoms with Crippen LogP contribution in [0.1, 0.15) is 19.3 Å². The Labute approximate surface area is 179 Å². The Bertz CT molecular complexity index is 811. The maximum absolute atomic E-state index is 12.8. The van der Waals surface area contributed by atoms with E-state index in [1.54, 1.807) is 7.11 Å². The highest BCUT2D eigenvalue weighted by Crippen LogP contribution is 2.28. The van der Waals surface area contributed by atoms with Crippen molar-refractivity contribution in [3.8, 4) is 5.75 Å². The van der Waals surface area contributed by atoms with Gasteiger partial charge in [-0.1, -0.05) is 6.07 Å². The molecule has 1 fully saturated rings. The summed E-state index contributed by atoms with van der Waals surface area (Å²) < 4.78 is 77.8. The van der Waals surface area contributed by atoms with Crippen LogP contribution in [0.3, 0.4) is 0 Å². The molecule has 2 rings (SSSR count). The van der Waals surface area contributed by atoms with Crippen molar-refractivity contribution in [2.24, 2.45) is 5.92 Å². The van der Waals surface area contributed by atoms with Crippen LogP contribution in [0.2, 0.25) is 0 Å². The Balaban J connectivity index is 1.82. The first-order chi connectivity index (χ1) is 14.6. The highest BCUT2D eigenvalue weighted by molar-refractivity contribution is 7.89. The van der Waals surface area contributed by atoms with E-state index in [0.717, 1.165) is 12.1 Å². The molecule has 1 aromatic carbocycles. The largest absolute Gasteiger partial charge is 0.573 e. The van der Waals surface area contributed by atoms with Crippen molar-refractivity contribution in [2.45, 2.75) is 30.5 Å². The van der Waals surface area contributed by atoms with E-state index in [4.69, 9.17) is 9.47 Å². The van der Waals surface area contributed by atoms with Crippen molar-refractivity contribution in [1.29, 1.82) is 0 Å². The average molecular weight is 468 g/mol. The van der Waals surface area contributed by atoms with Gasteiger partial charge in [-0.05, 0) is 31.4 Å². The molecule has 1 aliphatic rings. The Hall–Kier alpha value is -1.89. The summed E-state index contributed by atoms with van der Waals surface area (Å²) in [5.41, 5.74) is 0. The third-order valence-electron chi connectivity index (χ3n) is 4.70. The fraction of sp³-hybridized carbons (Fsp3) is 0.632. The van der Waals surface area contributed by atoms with Gasteiger partial charge in [-0.2, -0.15) is 4.31 Å². The number of carbonyl (C=O) groups is 1. The lowest BCUT2D eigenvalue weighted by molar-refractivity contribution is -0.274. The minimum atomic E-state index is -4.91. The van der Waals surface area contributed by atoms with E-state index < -0.39 is 22.1 Å². The molecule has 0 aliphatic carbocycles. The van der Waals surface area contributed by atoms with E-state index >= 15 is 0 Å². The lowest BCUT2D eigenvalue weighted by Crippen LogP contribution is -2.43. The van der Waals surface area contributed by atoms with E-state index in [9.17, 15) is 26.4 Å². The molecular weight excluding hydrogens is 441 g/mol. The minimum Gasteiger partial charge on any atom is -0.406 e. The van der Waals surface area contributed by atoms with Crippen molar-refractivity contribution in [3.05, 3.63) is 24.3 Å². The van der Waals surface area contributed by atoms with Crippen molar-refractivity contribution >= 4 is 15.9 Å². The second-order valence-corrected chi connectivity index (χ2v) is 8.89. The van der Waals surface area contributed by atoms with Gasteiger partial charge < -0.3 is 19.5 Å². The number of rotatable bonds is 11. The quantitative estimate of drug-likeness (QED) is 0.501. The number of sulfonamides is 1. The molecule has 176 valence electrons. The molecule has 1 saturated heterocycles. The molecule has 0 unspecified atom stereocenters. The highest BCUT2D eigenvalue weighted by atomic mass is 32.2. The summed E-state index contributed by atoms with van der Waals surface area (Å²) in [5, 5.41) is 2.82. The standard InChI is InChI=1S/C19H27F3N2O6S/c1-28-12-13-29-11-3-8-23-18(25)15-6-9-24(10-7-15)31(26,27)17-5-2-4-16(14-17)30-19(20,21)22/h2,4-5,14-15H,3,6-13H2,1H3,(H,23,25). The second-order valence-electron chi connectivity index (χ2n) is 6.95. The van der Waals surface area contributed by atoms with Crippen LogP contribution in [0.15, 0.2) is 29.2 Å². The maximum Gasteiger partial charge on any atom is 0.573 e. The molecular formula is C19H27F3N2O6S. The third kappa shape index (κ3) is 8.28. The van der Waals surface area contributed by atoms with E-state index in [1.807, 2.05) is 0 Å². The van der Waals surface area contributed by atoms with Crippen LogP contribution < -0.4 is 10.1 Å². The number of piperidine rings is 1. The molecule has 8 nitrogen and oxygen atoms in total. The SMILES string of the molecule is COCCOCCCNC(=O)C1CCN(S(=O)(=O)c2cccc(OC(F)(F)F)c2)CC1. The molecule has 1 aliphatic heterocycles. The number of amides is 1. The van der Waals surface area contributed by atoms with Crippen molar-refractivity contribution in [1.82, 2.24) is 9.62 Å². The number of ether oxygens (including phenoxy) is 3. The summed E-state index contributed by atoms with van der Waals surface area (Å²) in [7, 11) is -2.41. The number of nitrogens with zero attached hydrogens (tertiary/aromatic N) is 1. The molecule has 0 saturated carbocycles. The fourth-order valence-electron chi connectivity index (χ4n) is 3.11. The Kier molecular flexibility index (Phi) is 9.54. The van der Waals surface area contributed by atoms with Crippen LogP contribution in [-0.2, 0) is 24.3 Å². The van der Waals surface area contributed by atoms with Gasteiger partial charge in [0.1, 0.15) is 5.75 Å². The number of nitrogens with one attached hydrogen (secondary N) is 1. The van der Waals surface area contributed by atoms with Crippen LogP contribution in [0.5, 0.6) is 5.75 Å². The third-order valence-corrected chi connectivity index (χ3v) is 6.59. The first-order valence-corrected chi connectivity index (χ1v) is 11.3. The zero-order valence-electron chi connectivity index (χ0n) is 17.2. The number of benzene rings is 1. The molecule has 31 heavy (non-hydrogen) atoms. The zero-order chi connectivity index (χ0) is 22.9. The van der Waals surface area contributed by atoms with Gasteiger partial charge in [0.15, 0.2) is 0 Å². The first kappa shape index (κ1) is 25.4. The smallest absolute Gasteiger partial charge is 0.406 e. The topological polar surface area (TPSA) is 94.2 Å². The fourth-order valence-corrected chi connectivity index (χ4v) is 4.62. The normalized spacial score (nSPS) is 16.3. The Morgan fingerprint density at radius 3 is 2.55 bits per heavy atom. The molecule has 0 atom stereocenters. The summed E-state index contributed by atoms with van der Waals surface area (Å²) in [6, 6.07) is 4.28. The number of alkyl halides is 3. The maximum atomic E-state index is 12.8. The molecule has 12 heteroatoms. The first-order valence-electron chi connectivity index (χ1n) is 9.84. The van der Waals surface area contributed by atoms with Gasteiger partial charge >= 0.3 is 6.36 Å². The summed E-state index contributed by atoms with van der Waals surface area (Å²) in [6.07, 6.45) is -3.61. The Morgan fingerprint density at radius 1 is 1.19 bits per heavy atom.